The molecule has 0 aromatic carbocycles. The van der Waals surface area contributed by atoms with Crippen LogP contribution in [0.25, 0.3) is 0 Å². The van der Waals surface area contributed by atoms with Gasteiger partial charge in [-0.1, -0.05) is 29.3 Å². The average molecular weight is 272 g/mol. The molecule has 0 amide bonds. The number of thiophene rings is 1. The van der Waals surface area contributed by atoms with E-state index in [1.54, 1.807) is 24.5 Å². The highest BCUT2D eigenvalue weighted by Gasteiger charge is 2.14. The Hall–Kier alpha value is -0.900. The summed E-state index contributed by atoms with van der Waals surface area (Å²) in [6, 6.07) is 5.25. The first kappa shape index (κ1) is 11.6. The predicted molar refractivity (Wildman–Crippen MR) is 66.6 cm³/mol. The van der Waals surface area contributed by atoms with Crippen molar-refractivity contribution < 1.29 is 4.79 Å². The molecule has 0 spiro atoms. The minimum absolute atomic E-state index is 0.0406. The second-order valence-corrected chi connectivity index (χ2v) is 5.48. The Balaban J connectivity index is 2.18. The quantitative estimate of drug-likeness (QED) is 0.794. The van der Waals surface area contributed by atoms with Crippen LogP contribution in [0.15, 0.2) is 30.6 Å². The van der Waals surface area contributed by atoms with Gasteiger partial charge >= 0.3 is 0 Å². The maximum Gasteiger partial charge on any atom is 0.169 e. The Morgan fingerprint density at radius 2 is 2.25 bits per heavy atom. The molecule has 0 radical (unpaired) electrons. The van der Waals surface area contributed by atoms with Gasteiger partial charge in [-0.3, -0.25) is 9.78 Å². The molecule has 0 saturated carbocycles. The highest BCUT2D eigenvalue weighted by atomic mass is 35.5. The van der Waals surface area contributed by atoms with Gasteiger partial charge in [-0.15, -0.1) is 11.3 Å². The summed E-state index contributed by atoms with van der Waals surface area (Å²) in [6.07, 6.45) is 3.63. The molecule has 2 heterocycles. The van der Waals surface area contributed by atoms with Crippen LogP contribution in [-0.2, 0) is 6.42 Å². The molecule has 2 rings (SSSR count). The zero-order valence-electron chi connectivity index (χ0n) is 8.11. The fraction of sp³-hybridized carbons (Fsp3) is 0.0909. The number of halogens is 2. The molecule has 5 heteroatoms. The van der Waals surface area contributed by atoms with Gasteiger partial charge in [-0.25, -0.2) is 0 Å². The maximum atomic E-state index is 11.9. The summed E-state index contributed by atoms with van der Waals surface area (Å²) < 4.78 is 0.971. The number of rotatable bonds is 3. The molecule has 0 saturated heterocycles. The van der Waals surface area contributed by atoms with E-state index in [9.17, 15) is 4.79 Å². The van der Waals surface area contributed by atoms with Gasteiger partial charge in [-0.05, 0) is 17.7 Å². The second kappa shape index (κ2) is 4.95. The van der Waals surface area contributed by atoms with Gasteiger partial charge in [0.05, 0.1) is 4.34 Å². The number of hydrogen-bond acceptors (Lipinski definition) is 3. The minimum Gasteiger partial charge on any atom is -0.294 e. The van der Waals surface area contributed by atoms with E-state index >= 15 is 0 Å². The van der Waals surface area contributed by atoms with Gasteiger partial charge in [0, 0.05) is 24.4 Å². The van der Waals surface area contributed by atoms with Crippen LogP contribution in [-0.4, -0.2) is 10.8 Å². The summed E-state index contributed by atoms with van der Waals surface area (Å²) in [6.45, 7) is 0. The van der Waals surface area contributed by atoms with Crippen molar-refractivity contribution in [3.63, 3.8) is 0 Å². The lowest BCUT2D eigenvalue weighted by molar-refractivity contribution is 0.0993. The molecule has 0 fully saturated rings. The van der Waals surface area contributed by atoms with Crippen LogP contribution in [0, 0.1) is 0 Å². The first-order valence-corrected chi connectivity index (χ1v) is 6.11. The molecular weight excluding hydrogens is 265 g/mol. The largest absolute Gasteiger partial charge is 0.294 e. The number of carbonyl (C=O) groups excluding carboxylic acids is 1. The van der Waals surface area contributed by atoms with Crippen LogP contribution in [0.3, 0.4) is 0 Å². The highest BCUT2D eigenvalue weighted by Crippen LogP contribution is 2.31. The second-order valence-electron chi connectivity index (χ2n) is 3.20. The van der Waals surface area contributed by atoms with E-state index in [1.807, 2.05) is 6.07 Å². The Morgan fingerprint density at radius 1 is 1.44 bits per heavy atom. The molecule has 2 aromatic rings. The van der Waals surface area contributed by atoms with Gasteiger partial charge in [0.1, 0.15) is 4.34 Å². The number of Topliss-reactive ketones (excluding diaryl/α,β-unsaturated/α-hetero) is 1. The van der Waals surface area contributed by atoms with Crippen LogP contribution in [0.2, 0.25) is 8.67 Å². The molecule has 0 aliphatic carbocycles. The summed E-state index contributed by atoms with van der Waals surface area (Å²) in [5.74, 6) is -0.0406. The van der Waals surface area contributed by atoms with Crippen LogP contribution < -0.4 is 0 Å². The molecular formula is C11H7Cl2NOS. The summed E-state index contributed by atoms with van der Waals surface area (Å²) in [5, 5.41) is 0. The van der Waals surface area contributed by atoms with Crippen molar-refractivity contribution in [3.05, 3.63) is 50.4 Å². The van der Waals surface area contributed by atoms with Crippen molar-refractivity contribution in [1.82, 2.24) is 4.98 Å². The summed E-state index contributed by atoms with van der Waals surface area (Å²) >= 11 is 12.9. The fourth-order valence-corrected chi connectivity index (χ4v) is 2.81. The number of ketones is 1. The molecule has 2 aromatic heterocycles. The van der Waals surface area contributed by atoms with E-state index in [0.717, 1.165) is 5.56 Å². The Kier molecular flexibility index (Phi) is 3.59. The topological polar surface area (TPSA) is 30.0 Å². The number of aromatic nitrogens is 1. The van der Waals surface area contributed by atoms with Crippen molar-refractivity contribution in [2.75, 3.05) is 0 Å². The monoisotopic (exact) mass is 271 g/mol. The maximum absolute atomic E-state index is 11.9. The van der Waals surface area contributed by atoms with Crippen molar-refractivity contribution in [3.8, 4) is 0 Å². The average Bonchev–Trinajstić information content (AvgIpc) is 2.59. The Morgan fingerprint density at radius 3 is 2.81 bits per heavy atom. The fourth-order valence-electron chi connectivity index (χ4n) is 1.31. The number of nitrogens with zero attached hydrogens (tertiary/aromatic N) is 1. The van der Waals surface area contributed by atoms with Crippen molar-refractivity contribution in [2.45, 2.75) is 6.42 Å². The number of carbonyl (C=O) groups is 1. The standard InChI is InChI=1S/C11H7Cl2NOS/c12-10-5-8(11(13)16-10)9(15)4-7-2-1-3-14-6-7/h1-3,5-6H,4H2. The van der Waals surface area contributed by atoms with E-state index in [-0.39, 0.29) is 5.78 Å². The van der Waals surface area contributed by atoms with Crippen LogP contribution >= 0.6 is 34.5 Å². The van der Waals surface area contributed by atoms with E-state index in [2.05, 4.69) is 4.98 Å². The van der Waals surface area contributed by atoms with Gasteiger partial charge in [0.2, 0.25) is 0 Å². The van der Waals surface area contributed by atoms with Gasteiger partial charge in [0.15, 0.2) is 5.78 Å². The van der Waals surface area contributed by atoms with Gasteiger partial charge in [0.25, 0.3) is 0 Å². The van der Waals surface area contributed by atoms with Crippen molar-refractivity contribution >= 4 is 40.3 Å². The molecule has 0 aliphatic rings. The first-order chi connectivity index (χ1) is 7.66. The van der Waals surface area contributed by atoms with Gasteiger partial charge in [-0.2, -0.15) is 0 Å². The van der Waals surface area contributed by atoms with Crippen LogP contribution in [0.5, 0.6) is 0 Å². The van der Waals surface area contributed by atoms with Crippen molar-refractivity contribution in [2.24, 2.45) is 0 Å². The lowest BCUT2D eigenvalue weighted by Gasteiger charge is -1.98. The normalized spacial score (nSPS) is 10.4. The van der Waals surface area contributed by atoms with E-state index in [0.29, 0.717) is 20.7 Å². The molecule has 16 heavy (non-hydrogen) atoms. The van der Waals surface area contributed by atoms with Crippen LogP contribution in [0.4, 0.5) is 0 Å². The molecule has 82 valence electrons. The third kappa shape index (κ3) is 2.61. The molecule has 2 nitrogen and oxygen atoms in total. The van der Waals surface area contributed by atoms with E-state index in [4.69, 9.17) is 23.2 Å². The Bertz CT molecular complexity index is 510. The summed E-state index contributed by atoms with van der Waals surface area (Å²) in [7, 11) is 0. The number of pyridine rings is 1. The lowest BCUT2D eigenvalue weighted by atomic mass is 10.1. The van der Waals surface area contributed by atoms with Crippen molar-refractivity contribution in [1.29, 1.82) is 0 Å². The van der Waals surface area contributed by atoms with Crippen LogP contribution in [0.1, 0.15) is 15.9 Å². The molecule has 0 atom stereocenters. The SMILES string of the molecule is O=C(Cc1cccnc1)c1cc(Cl)sc1Cl. The smallest absolute Gasteiger partial charge is 0.169 e. The van der Waals surface area contributed by atoms with Gasteiger partial charge < -0.3 is 0 Å². The Labute approximate surface area is 107 Å². The zero-order valence-corrected chi connectivity index (χ0v) is 10.4. The third-order valence-electron chi connectivity index (χ3n) is 2.04. The molecule has 0 aliphatic heterocycles. The number of hydrogen-bond donors (Lipinski definition) is 0. The van der Waals surface area contributed by atoms with E-state index in [1.165, 1.54) is 11.3 Å². The zero-order chi connectivity index (χ0) is 11.5. The molecule has 0 bridgehead atoms. The lowest BCUT2D eigenvalue weighted by Crippen LogP contribution is -2.02. The molecule has 0 unspecified atom stereocenters. The molecule has 0 N–H and O–H groups in total. The minimum atomic E-state index is -0.0406. The summed E-state index contributed by atoms with van der Waals surface area (Å²) in [5.41, 5.74) is 1.35. The first-order valence-electron chi connectivity index (χ1n) is 4.54. The predicted octanol–water partition coefficient (Wildman–Crippen LogP) is 3.88. The van der Waals surface area contributed by atoms with E-state index < -0.39 is 0 Å². The summed E-state index contributed by atoms with van der Waals surface area (Å²) in [4.78, 5) is 15.8. The third-order valence-corrected chi connectivity index (χ3v) is 3.53. The highest BCUT2D eigenvalue weighted by molar-refractivity contribution is 7.20.